The number of aromatic nitrogens is 2. The van der Waals surface area contributed by atoms with Gasteiger partial charge in [-0.25, -0.2) is 4.98 Å². The van der Waals surface area contributed by atoms with Gasteiger partial charge in [-0.05, 0) is 42.7 Å². The van der Waals surface area contributed by atoms with Crippen LogP contribution in [0.3, 0.4) is 0 Å². The van der Waals surface area contributed by atoms with E-state index in [1.165, 1.54) is 30.3 Å². The van der Waals surface area contributed by atoms with Gasteiger partial charge in [-0.15, -0.1) is 0 Å². The zero-order valence-electron chi connectivity index (χ0n) is 14.7. The average molecular weight is 322 g/mol. The van der Waals surface area contributed by atoms with Gasteiger partial charge < -0.3 is 9.30 Å². The summed E-state index contributed by atoms with van der Waals surface area (Å²) in [7, 11) is 0. The van der Waals surface area contributed by atoms with Crippen molar-refractivity contribution in [3.8, 4) is 5.75 Å². The molecule has 1 aromatic heterocycles. The van der Waals surface area contributed by atoms with Crippen LogP contribution in [-0.2, 0) is 19.6 Å². The highest BCUT2D eigenvalue weighted by molar-refractivity contribution is 5.75. The average Bonchev–Trinajstić information content (AvgIpc) is 2.98. The van der Waals surface area contributed by atoms with E-state index < -0.39 is 0 Å². The van der Waals surface area contributed by atoms with E-state index in [4.69, 9.17) is 9.72 Å². The molecular formula is C21H26N2O. The fourth-order valence-corrected chi connectivity index (χ4v) is 2.97. The molecule has 3 heteroatoms. The van der Waals surface area contributed by atoms with Gasteiger partial charge in [-0.2, -0.15) is 0 Å². The van der Waals surface area contributed by atoms with Crippen LogP contribution in [0.15, 0.2) is 48.5 Å². The van der Waals surface area contributed by atoms with Gasteiger partial charge in [0.05, 0.1) is 11.0 Å². The summed E-state index contributed by atoms with van der Waals surface area (Å²) in [5, 5.41) is 0. The molecule has 0 unspecified atom stereocenters. The molecule has 3 nitrogen and oxygen atoms in total. The smallest absolute Gasteiger partial charge is 0.147 e. The maximum Gasteiger partial charge on any atom is 0.147 e. The minimum Gasteiger partial charge on any atom is -0.486 e. The molecule has 3 aromatic rings. The Morgan fingerprint density at radius 2 is 1.75 bits per heavy atom. The Balaban J connectivity index is 1.77. The van der Waals surface area contributed by atoms with Crippen LogP contribution in [0.2, 0.25) is 0 Å². The molecule has 24 heavy (non-hydrogen) atoms. The highest BCUT2D eigenvalue weighted by atomic mass is 16.5. The number of para-hydroxylation sites is 2. The van der Waals surface area contributed by atoms with Gasteiger partial charge in [-0.3, -0.25) is 0 Å². The summed E-state index contributed by atoms with van der Waals surface area (Å²) in [6, 6.07) is 16.7. The Labute approximate surface area is 144 Å². The number of rotatable bonds is 8. The highest BCUT2D eigenvalue weighted by Crippen LogP contribution is 2.20. The minimum absolute atomic E-state index is 0.506. The Morgan fingerprint density at radius 3 is 2.50 bits per heavy atom. The summed E-state index contributed by atoms with van der Waals surface area (Å²) < 4.78 is 8.30. The zero-order chi connectivity index (χ0) is 16.8. The first kappa shape index (κ1) is 16.6. The van der Waals surface area contributed by atoms with E-state index in [9.17, 15) is 0 Å². The maximum absolute atomic E-state index is 5.98. The fraction of sp³-hybridized carbons (Fsp3) is 0.381. The lowest BCUT2D eigenvalue weighted by molar-refractivity contribution is 0.289. The van der Waals surface area contributed by atoms with Gasteiger partial charge in [-0.1, -0.05) is 51.0 Å². The molecule has 0 atom stereocenters. The van der Waals surface area contributed by atoms with Crippen molar-refractivity contribution in [3.63, 3.8) is 0 Å². The van der Waals surface area contributed by atoms with Crippen molar-refractivity contribution < 1.29 is 4.74 Å². The van der Waals surface area contributed by atoms with Crippen LogP contribution in [0, 0.1) is 0 Å². The summed E-state index contributed by atoms with van der Waals surface area (Å²) in [6.07, 6.45) is 4.69. The van der Waals surface area contributed by atoms with Crippen LogP contribution in [0.25, 0.3) is 11.0 Å². The monoisotopic (exact) mass is 322 g/mol. The number of ether oxygens (including phenoxy) is 1. The van der Waals surface area contributed by atoms with E-state index in [2.05, 4.69) is 48.7 Å². The molecular weight excluding hydrogens is 296 g/mol. The zero-order valence-corrected chi connectivity index (χ0v) is 14.7. The minimum atomic E-state index is 0.506. The molecule has 0 aliphatic heterocycles. The van der Waals surface area contributed by atoms with Crippen molar-refractivity contribution in [2.45, 2.75) is 52.7 Å². The molecule has 0 N–H and O–H groups in total. The molecule has 0 amide bonds. The summed E-state index contributed by atoms with van der Waals surface area (Å²) >= 11 is 0. The number of fused-ring (bicyclic) bond motifs is 1. The molecule has 0 bridgehead atoms. The van der Waals surface area contributed by atoms with E-state index in [-0.39, 0.29) is 0 Å². The molecule has 0 aliphatic carbocycles. The van der Waals surface area contributed by atoms with Gasteiger partial charge in [0.15, 0.2) is 0 Å². The topological polar surface area (TPSA) is 27.1 Å². The Morgan fingerprint density at radius 1 is 0.958 bits per heavy atom. The molecule has 0 aliphatic rings. The van der Waals surface area contributed by atoms with Crippen LogP contribution in [0.4, 0.5) is 0 Å². The lowest BCUT2D eigenvalue weighted by Gasteiger charge is -2.10. The molecule has 2 aromatic carbocycles. The number of unbranched alkanes of at least 4 members (excludes halogenated alkanes) is 2. The van der Waals surface area contributed by atoms with E-state index >= 15 is 0 Å². The van der Waals surface area contributed by atoms with E-state index in [0.29, 0.717) is 6.61 Å². The van der Waals surface area contributed by atoms with Gasteiger partial charge in [0.25, 0.3) is 0 Å². The Hall–Kier alpha value is -2.29. The normalized spacial score (nSPS) is 11.1. The van der Waals surface area contributed by atoms with E-state index in [1.54, 1.807) is 0 Å². The molecule has 0 saturated heterocycles. The molecule has 0 radical (unpaired) electrons. The lowest BCUT2D eigenvalue weighted by Crippen LogP contribution is -2.07. The van der Waals surface area contributed by atoms with Gasteiger partial charge >= 0.3 is 0 Å². The fourth-order valence-electron chi connectivity index (χ4n) is 2.97. The third-order valence-electron chi connectivity index (χ3n) is 4.42. The Kier molecular flexibility index (Phi) is 5.52. The second kappa shape index (κ2) is 8.00. The van der Waals surface area contributed by atoms with Crippen molar-refractivity contribution in [3.05, 3.63) is 59.9 Å². The van der Waals surface area contributed by atoms with Crippen LogP contribution in [0.1, 0.15) is 44.5 Å². The lowest BCUT2D eigenvalue weighted by atomic mass is 10.2. The molecule has 0 saturated carbocycles. The first-order chi connectivity index (χ1) is 11.8. The third kappa shape index (κ3) is 3.78. The van der Waals surface area contributed by atoms with Crippen molar-refractivity contribution >= 4 is 11.0 Å². The highest BCUT2D eigenvalue weighted by Gasteiger charge is 2.10. The number of nitrogens with zero attached hydrogens (tertiary/aromatic N) is 2. The number of benzene rings is 2. The summed E-state index contributed by atoms with van der Waals surface area (Å²) in [5.74, 6) is 1.91. The summed E-state index contributed by atoms with van der Waals surface area (Å²) in [6.45, 7) is 5.90. The predicted octanol–water partition coefficient (Wildman–Crippen LogP) is 5.37. The number of hydrogen-bond acceptors (Lipinski definition) is 2. The maximum atomic E-state index is 5.98. The molecule has 1 heterocycles. The first-order valence-corrected chi connectivity index (χ1v) is 8.97. The van der Waals surface area contributed by atoms with Crippen molar-refractivity contribution in [2.24, 2.45) is 0 Å². The van der Waals surface area contributed by atoms with Crippen molar-refractivity contribution in [1.82, 2.24) is 9.55 Å². The second-order valence-electron chi connectivity index (χ2n) is 6.16. The van der Waals surface area contributed by atoms with Crippen LogP contribution >= 0.6 is 0 Å². The van der Waals surface area contributed by atoms with Crippen molar-refractivity contribution in [2.75, 3.05) is 0 Å². The van der Waals surface area contributed by atoms with Gasteiger partial charge in [0.2, 0.25) is 0 Å². The van der Waals surface area contributed by atoms with Gasteiger partial charge in [0, 0.05) is 6.54 Å². The summed E-state index contributed by atoms with van der Waals surface area (Å²) in [4.78, 5) is 4.78. The van der Waals surface area contributed by atoms with Crippen molar-refractivity contribution in [1.29, 1.82) is 0 Å². The number of hydrogen-bond donors (Lipinski definition) is 0. The number of imidazole rings is 1. The van der Waals surface area contributed by atoms with Crippen LogP contribution in [-0.4, -0.2) is 9.55 Å². The van der Waals surface area contributed by atoms with Crippen LogP contribution in [0.5, 0.6) is 5.75 Å². The molecule has 3 rings (SSSR count). The largest absolute Gasteiger partial charge is 0.486 e. The van der Waals surface area contributed by atoms with E-state index in [0.717, 1.165) is 30.1 Å². The summed E-state index contributed by atoms with van der Waals surface area (Å²) in [5.41, 5.74) is 3.58. The van der Waals surface area contributed by atoms with Gasteiger partial charge in [0.1, 0.15) is 18.2 Å². The Bertz CT molecular complexity index is 774. The molecule has 126 valence electrons. The van der Waals surface area contributed by atoms with E-state index in [1.807, 2.05) is 18.2 Å². The molecule has 0 spiro atoms. The molecule has 0 fully saturated rings. The number of aryl methyl sites for hydroxylation is 2. The third-order valence-corrected chi connectivity index (χ3v) is 4.42. The first-order valence-electron chi connectivity index (χ1n) is 8.97. The SMILES string of the molecule is CCCCCn1c(COc2ccc(CC)cc2)nc2ccccc21. The predicted molar refractivity (Wildman–Crippen MR) is 99.4 cm³/mol. The van der Waals surface area contributed by atoms with Crippen LogP contribution < -0.4 is 4.74 Å². The quantitative estimate of drug-likeness (QED) is 0.521. The second-order valence-corrected chi connectivity index (χ2v) is 6.16. The standard InChI is InChI=1S/C21H26N2O/c1-3-5-8-15-23-20-10-7-6-9-19(20)22-21(23)16-24-18-13-11-17(4-2)12-14-18/h6-7,9-14H,3-5,8,15-16H2,1-2H3.